The lowest BCUT2D eigenvalue weighted by Crippen LogP contribution is -2.24. The van der Waals surface area contributed by atoms with Gasteiger partial charge in [0.2, 0.25) is 0 Å². The van der Waals surface area contributed by atoms with Crippen LogP contribution in [0.4, 0.5) is 0 Å². The Kier molecular flexibility index (Phi) is 8.40. The Morgan fingerprint density at radius 1 is 0.923 bits per heavy atom. The number of hydrogen-bond donors (Lipinski definition) is 0. The van der Waals surface area contributed by atoms with Crippen molar-refractivity contribution in [2.75, 3.05) is 54.5 Å². The van der Waals surface area contributed by atoms with Gasteiger partial charge in [-0.15, -0.1) is 0 Å². The molecule has 0 atom stereocenters. The summed E-state index contributed by atoms with van der Waals surface area (Å²) in [4.78, 5) is 4.55. The second-order valence-corrected chi connectivity index (χ2v) is 3.81. The number of ether oxygens (including phenoxy) is 1. The first-order valence-corrected chi connectivity index (χ1v) is 4.99. The van der Waals surface area contributed by atoms with Gasteiger partial charge in [0, 0.05) is 13.7 Å². The molecule has 0 aliphatic rings. The number of nitrogens with zero attached hydrogens (tertiary/aromatic N) is 2. The molecular formula is C10H24N2O. The molecule has 0 aromatic carbocycles. The second kappa shape index (κ2) is 8.48. The van der Waals surface area contributed by atoms with E-state index in [9.17, 15) is 0 Å². The summed E-state index contributed by atoms with van der Waals surface area (Å²) in [5, 5.41) is 0. The van der Waals surface area contributed by atoms with Gasteiger partial charge in [0.25, 0.3) is 0 Å². The topological polar surface area (TPSA) is 15.7 Å². The summed E-state index contributed by atoms with van der Waals surface area (Å²) in [6.07, 6.45) is 2.56. The number of methoxy groups -OCH3 is 1. The van der Waals surface area contributed by atoms with Crippen LogP contribution in [0, 0.1) is 0 Å². The van der Waals surface area contributed by atoms with E-state index in [1.807, 2.05) is 0 Å². The van der Waals surface area contributed by atoms with Gasteiger partial charge in [-0.2, -0.15) is 0 Å². The van der Waals surface area contributed by atoms with Gasteiger partial charge in [-0.3, -0.25) is 0 Å². The molecule has 0 spiro atoms. The molecule has 0 saturated heterocycles. The van der Waals surface area contributed by atoms with E-state index in [-0.39, 0.29) is 0 Å². The zero-order chi connectivity index (χ0) is 10.1. The van der Waals surface area contributed by atoms with Crippen LogP contribution in [0.5, 0.6) is 0 Å². The van der Waals surface area contributed by atoms with Gasteiger partial charge in [0.05, 0.1) is 6.61 Å². The first-order chi connectivity index (χ1) is 6.16. The Morgan fingerprint density at radius 3 is 2.08 bits per heavy atom. The molecule has 0 radical (unpaired) electrons. The molecule has 0 bridgehead atoms. The minimum atomic E-state index is 0.837. The maximum absolute atomic E-state index is 5.01. The molecule has 13 heavy (non-hydrogen) atoms. The molecule has 0 aliphatic heterocycles. The molecule has 3 nitrogen and oxygen atoms in total. The third-order valence-electron chi connectivity index (χ3n) is 2.07. The molecule has 0 aromatic rings. The average molecular weight is 188 g/mol. The van der Waals surface area contributed by atoms with E-state index in [2.05, 4.69) is 30.9 Å². The van der Waals surface area contributed by atoms with Crippen molar-refractivity contribution in [2.24, 2.45) is 0 Å². The Balaban J connectivity index is 3.12. The minimum absolute atomic E-state index is 0.837. The predicted molar refractivity (Wildman–Crippen MR) is 57.2 cm³/mol. The highest BCUT2D eigenvalue weighted by Gasteiger charge is 1.97. The van der Waals surface area contributed by atoms with E-state index in [1.165, 1.54) is 25.9 Å². The Hall–Kier alpha value is -0.120. The monoisotopic (exact) mass is 188 g/mol. The summed E-state index contributed by atoms with van der Waals surface area (Å²) in [7, 11) is 8.14. The van der Waals surface area contributed by atoms with Crippen LogP contribution in [-0.2, 0) is 4.74 Å². The average Bonchev–Trinajstić information content (AvgIpc) is 2.08. The summed E-state index contributed by atoms with van der Waals surface area (Å²) in [5.41, 5.74) is 0. The second-order valence-electron chi connectivity index (χ2n) is 3.81. The van der Waals surface area contributed by atoms with Crippen molar-refractivity contribution in [3.8, 4) is 0 Å². The van der Waals surface area contributed by atoms with Gasteiger partial charge in [0.15, 0.2) is 0 Å². The molecule has 80 valence electrons. The summed E-state index contributed by atoms with van der Waals surface area (Å²) in [5.74, 6) is 0. The normalized spacial score (nSPS) is 11.5. The van der Waals surface area contributed by atoms with Gasteiger partial charge in [0.1, 0.15) is 0 Å². The molecule has 0 rings (SSSR count). The van der Waals surface area contributed by atoms with Crippen molar-refractivity contribution in [1.29, 1.82) is 0 Å². The van der Waals surface area contributed by atoms with E-state index in [0.29, 0.717) is 0 Å². The van der Waals surface area contributed by atoms with Crippen molar-refractivity contribution in [2.45, 2.75) is 12.8 Å². The molecule has 0 aliphatic carbocycles. The number of hydrogen-bond acceptors (Lipinski definition) is 3. The molecule has 0 N–H and O–H groups in total. The molecule has 0 aromatic heterocycles. The van der Waals surface area contributed by atoms with Crippen LogP contribution in [-0.4, -0.2) is 64.3 Å². The molecule has 0 fully saturated rings. The molecule has 0 amide bonds. The van der Waals surface area contributed by atoms with Crippen LogP contribution < -0.4 is 0 Å². The van der Waals surface area contributed by atoms with Crippen LogP contribution in [0.2, 0.25) is 0 Å². The fourth-order valence-corrected chi connectivity index (χ4v) is 1.17. The SMILES string of the molecule is COCCN(C)CCCCN(C)C. The summed E-state index contributed by atoms with van der Waals surface area (Å²) >= 11 is 0. The van der Waals surface area contributed by atoms with Crippen LogP contribution >= 0.6 is 0 Å². The van der Waals surface area contributed by atoms with Gasteiger partial charge in [-0.05, 0) is 47.1 Å². The van der Waals surface area contributed by atoms with Crippen molar-refractivity contribution in [3.63, 3.8) is 0 Å². The Labute approximate surface area is 82.7 Å². The van der Waals surface area contributed by atoms with Gasteiger partial charge in [-0.25, -0.2) is 0 Å². The van der Waals surface area contributed by atoms with Gasteiger partial charge >= 0.3 is 0 Å². The largest absolute Gasteiger partial charge is 0.383 e. The molecule has 0 saturated carbocycles. The summed E-state index contributed by atoms with van der Waals surface area (Å²) in [6.45, 7) is 4.25. The fourth-order valence-electron chi connectivity index (χ4n) is 1.17. The van der Waals surface area contributed by atoms with E-state index >= 15 is 0 Å². The number of rotatable bonds is 8. The van der Waals surface area contributed by atoms with Crippen molar-refractivity contribution in [3.05, 3.63) is 0 Å². The lowest BCUT2D eigenvalue weighted by molar-refractivity contribution is 0.160. The Morgan fingerprint density at radius 2 is 1.54 bits per heavy atom. The third-order valence-corrected chi connectivity index (χ3v) is 2.07. The van der Waals surface area contributed by atoms with Crippen molar-refractivity contribution < 1.29 is 4.74 Å². The molecule has 0 heterocycles. The number of likely N-dealkylation sites (N-methyl/N-ethyl adjacent to an activating group) is 1. The highest BCUT2D eigenvalue weighted by atomic mass is 16.5. The highest BCUT2D eigenvalue weighted by Crippen LogP contribution is 1.93. The van der Waals surface area contributed by atoms with Crippen LogP contribution in [0.3, 0.4) is 0 Å². The smallest absolute Gasteiger partial charge is 0.0589 e. The van der Waals surface area contributed by atoms with E-state index in [0.717, 1.165) is 13.2 Å². The Bertz CT molecular complexity index is 107. The van der Waals surface area contributed by atoms with Crippen molar-refractivity contribution in [1.82, 2.24) is 9.80 Å². The zero-order valence-corrected chi connectivity index (χ0v) is 9.55. The zero-order valence-electron chi connectivity index (χ0n) is 9.55. The molecule has 3 heteroatoms. The summed E-state index contributed by atoms with van der Waals surface area (Å²) < 4.78 is 5.01. The van der Waals surface area contributed by atoms with E-state index in [4.69, 9.17) is 4.74 Å². The van der Waals surface area contributed by atoms with E-state index in [1.54, 1.807) is 7.11 Å². The van der Waals surface area contributed by atoms with E-state index < -0.39 is 0 Å². The standard InChI is InChI=1S/C10H24N2O/c1-11(2)7-5-6-8-12(3)9-10-13-4/h5-10H2,1-4H3. The summed E-state index contributed by atoms with van der Waals surface area (Å²) in [6, 6.07) is 0. The maximum atomic E-state index is 5.01. The third kappa shape index (κ3) is 9.80. The van der Waals surface area contributed by atoms with Crippen LogP contribution in [0.15, 0.2) is 0 Å². The van der Waals surface area contributed by atoms with Crippen LogP contribution in [0.25, 0.3) is 0 Å². The quantitative estimate of drug-likeness (QED) is 0.527. The highest BCUT2D eigenvalue weighted by molar-refractivity contribution is 4.52. The first kappa shape index (κ1) is 12.9. The fraction of sp³-hybridized carbons (Fsp3) is 1.00. The predicted octanol–water partition coefficient (Wildman–Crippen LogP) is 0.906. The molecular weight excluding hydrogens is 164 g/mol. The lowest BCUT2D eigenvalue weighted by Gasteiger charge is -2.16. The number of unbranched alkanes of at least 4 members (excludes halogenated alkanes) is 1. The maximum Gasteiger partial charge on any atom is 0.0589 e. The van der Waals surface area contributed by atoms with Crippen molar-refractivity contribution >= 4 is 0 Å². The minimum Gasteiger partial charge on any atom is -0.383 e. The van der Waals surface area contributed by atoms with Gasteiger partial charge in [-0.1, -0.05) is 0 Å². The van der Waals surface area contributed by atoms with Crippen LogP contribution in [0.1, 0.15) is 12.8 Å². The van der Waals surface area contributed by atoms with Gasteiger partial charge < -0.3 is 14.5 Å². The lowest BCUT2D eigenvalue weighted by atomic mass is 10.3. The first-order valence-electron chi connectivity index (χ1n) is 4.99. The molecule has 0 unspecified atom stereocenters.